The molecule has 2 heterocycles. The molecule has 1 amide bonds. The number of anilines is 1. The molecule has 0 saturated heterocycles. The van der Waals surface area contributed by atoms with Gasteiger partial charge in [-0.3, -0.25) is 14.9 Å². The van der Waals surface area contributed by atoms with Crippen LogP contribution in [0.15, 0.2) is 60.9 Å². The summed E-state index contributed by atoms with van der Waals surface area (Å²) < 4.78 is 24.7. The number of thiol groups is 1. The number of amides is 1. The SMILES string of the molecule is O=C(NC1CC2(C1)CC(Nc1ncc(Cl)c(-c3cn([SH](=O)=O)c4ccccc34)n1)C2)c1ccc([N+](=O)[O-])cc1. The van der Waals surface area contributed by atoms with E-state index >= 15 is 0 Å². The fourth-order valence-electron chi connectivity index (χ4n) is 5.81. The number of carbonyl (C=O) groups excluding carboxylic acids is 1. The summed E-state index contributed by atoms with van der Waals surface area (Å²) in [4.78, 5) is 31.7. The third kappa shape index (κ3) is 4.70. The minimum atomic E-state index is -2.86. The quantitative estimate of drug-likeness (QED) is 0.171. The lowest BCUT2D eigenvalue weighted by molar-refractivity contribution is -0.384. The van der Waals surface area contributed by atoms with Crippen LogP contribution < -0.4 is 10.6 Å². The number of non-ortho nitro benzene ring substituents is 1. The van der Waals surface area contributed by atoms with Crippen LogP contribution >= 0.6 is 11.6 Å². The van der Waals surface area contributed by atoms with Gasteiger partial charge >= 0.3 is 0 Å². The first-order chi connectivity index (χ1) is 18.7. The number of nitro groups is 1. The Labute approximate surface area is 229 Å². The van der Waals surface area contributed by atoms with Gasteiger partial charge in [-0.2, -0.15) is 0 Å². The van der Waals surface area contributed by atoms with Crippen LogP contribution in [0.4, 0.5) is 11.6 Å². The second-order valence-corrected chi connectivity index (χ2v) is 11.5. The summed E-state index contributed by atoms with van der Waals surface area (Å²) >= 11 is 6.43. The van der Waals surface area contributed by atoms with Crippen molar-refractivity contribution >= 4 is 50.9 Å². The standard InChI is InChI=1S/C26H23ClN6O5S/c27-21-13-28-25(31-23(21)20-14-32(39(37)38)22-4-2-1-3-19(20)22)30-17-11-26(12-17)9-16(10-26)29-24(34)15-5-7-18(8-6-15)33(35)36/h1-8,13-14,16-17,39H,9-12H2,(H,29,34)(H,28,30,31). The zero-order chi connectivity index (χ0) is 27.3. The van der Waals surface area contributed by atoms with Crippen molar-refractivity contribution in [2.75, 3.05) is 5.32 Å². The Morgan fingerprint density at radius 1 is 1.08 bits per heavy atom. The first-order valence-electron chi connectivity index (χ1n) is 12.3. The molecule has 2 saturated carbocycles. The van der Waals surface area contributed by atoms with Crippen molar-refractivity contribution in [2.24, 2.45) is 5.41 Å². The fraction of sp³-hybridized carbons (Fsp3) is 0.269. The molecule has 39 heavy (non-hydrogen) atoms. The number of nitrogens with one attached hydrogen (secondary N) is 2. The molecule has 13 heteroatoms. The maximum Gasteiger partial charge on any atom is 0.269 e. The molecule has 0 bridgehead atoms. The normalized spacial score (nSPS) is 21.9. The Kier molecular flexibility index (Phi) is 6.23. The maximum absolute atomic E-state index is 12.5. The maximum atomic E-state index is 12.5. The van der Waals surface area contributed by atoms with Gasteiger partial charge in [0.25, 0.3) is 11.6 Å². The number of rotatable bonds is 7. The summed E-state index contributed by atoms with van der Waals surface area (Å²) in [6.07, 6.45) is 6.58. The predicted molar refractivity (Wildman–Crippen MR) is 146 cm³/mol. The number of carbonyl (C=O) groups is 1. The van der Waals surface area contributed by atoms with Crippen LogP contribution in [0.2, 0.25) is 5.02 Å². The fourth-order valence-corrected chi connectivity index (χ4v) is 6.56. The second-order valence-electron chi connectivity index (χ2n) is 10.2. The van der Waals surface area contributed by atoms with Gasteiger partial charge in [0.05, 0.1) is 27.4 Å². The van der Waals surface area contributed by atoms with Crippen LogP contribution in [0.1, 0.15) is 36.0 Å². The monoisotopic (exact) mass is 566 g/mol. The van der Waals surface area contributed by atoms with Crippen molar-refractivity contribution in [2.45, 2.75) is 37.8 Å². The summed E-state index contributed by atoms with van der Waals surface area (Å²) in [5.41, 5.74) is 2.12. The average Bonchev–Trinajstić information content (AvgIpc) is 3.27. The van der Waals surface area contributed by atoms with E-state index in [1.165, 1.54) is 40.6 Å². The van der Waals surface area contributed by atoms with Gasteiger partial charge in [0, 0.05) is 46.9 Å². The molecule has 11 nitrogen and oxygen atoms in total. The van der Waals surface area contributed by atoms with Gasteiger partial charge in [-0.25, -0.2) is 22.4 Å². The predicted octanol–water partition coefficient (Wildman–Crippen LogP) is 4.19. The van der Waals surface area contributed by atoms with E-state index in [4.69, 9.17) is 11.6 Å². The molecule has 0 aliphatic heterocycles. The van der Waals surface area contributed by atoms with Crippen LogP contribution in [-0.4, -0.2) is 45.3 Å². The summed E-state index contributed by atoms with van der Waals surface area (Å²) in [7, 11) is -2.86. The molecule has 1 spiro atoms. The lowest BCUT2D eigenvalue weighted by Gasteiger charge is -2.57. The Bertz CT molecular complexity index is 1680. The van der Waals surface area contributed by atoms with Crippen molar-refractivity contribution in [1.82, 2.24) is 19.3 Å². The molecule has 2 aromatic carbocycles. The molecule has 6 rings (SSSR count). The number of halogens is 1. The second kappa shape index (κ2) is 9.62. The zero-order valence-corrected chi connectivity index (χ0v) is 22.1. The lowest BCUT2D eigenvalue weighted by Crippen LogP contribution is -2.59. The summed E-state index contributed by atoms with van der Waals surface area (Å²) in [6.45, 7) is 0. The molecule has 4 aromatic rings. The van der Waals surface area contributed by atoms with Crippen molar-refractivity contribution in [3.8, 4) is 11.3 Å². The van der Waals surface area contributed by atoms with E-state index in [2.05, 4.69) is 20.6 Å². The van der Waals surface area contributed by atoms with Crippen molar-refractivity contribution in [1.29, 1.82) is 0 Å². The molecular formula is C26H23ClN6O5S. The average molecular weight is 567 g/mol. The number of nitrogens with zero attached hydrogens (tertiary/aromatic N) is 4. The Balaban J connectivity index is 1.08. The summed E-state index contributed by atoms with van der Waals surface area (Å²) in [6, 6.07) is 13.0. The van der Waals surface area contributed by atoms with Gasteiger partial charge in [0.1, 0.15) is 0 Å². The molecule has 0 atom stereocenters. The third-order valence-electron chi connectivity index (χ3n) is 7.59. The van der Waals surface area contributed by atoms with Crippen LogP contribution in [0, 0.1) is 15.5 Å². The van der Waals surface area contributed by atoms with E-state index in [1.54, 1.807) is 12.1 Å². The zero-order valence-electron chi connectivity index (χ0n) is 20.4. The number of para-hydroxylation sites is 1. The van der Waals surface area contributed by atoms with E-state index in [0.29, 0.717) is 33.3 Å². The molecule has 200 valence electrons. The molecule has 2 aliphatic carbocycles. The minimum Gasteiger partial charge on any atom is -0.351 e. The van der Waals surface area contributed by atoms with Crippen molar-refractivity contribution in [3.63, 3.8) is 0 Å². The minimum absolute atomic E-state index is 0.0509. The number of benzene rings is 2. The van der Waals surface area contributed by atoms with Gasteiger partial charge in [-0.15, -0.1) is 0 Å². The summed E-state index contributed by atoms with van der Waals surface area (Å²) in [5, 5.41) is 18.2. The molecule has 2 fully saturated rings. The third-order valence-corrected chi connectivity index (χ3v) is 8.55. The van der Waals surface area contributed by atoms with Gasteiger partial charge in [-0.1, -0.05) is 29.8 Å². The van der Waals surface area contributed by atoms with Crippen LogP contribution in [-0.2, 0) is 10.9 Å². The molecule has 0 radical (unpaired) electrons. The number of aromatic nitrogens is 3. The highest BCUT2D eigenvalue weighted by atomic mass is 35.5. The molecular weight excluding hydrogens is 544 g/mol. The number of hydrogen-bond donors (Lipinski definition) is 3. The van der Waals surface area contributed by atoms with Gasteiger partial charge in [-0.05, 0) is 49.3 Å². The van der Waals surface area contributed by atoms with Gasteiger partial charge in [0.2, 0.25) is 16.8 Å². The Morgan fingerprint density at radius 2 is 1.77 bits per heavy atom. The van der Waals surface area contributed by atoms with Gasteiger partial charge < -0.3 is 10.6 Å². The van der Waals surface area contributed by atoms with E-state index in [-0.39, 0.29) is 29.1 Å². The highest BCUT2D eigenvalue weighted by Crippen LogP contribution is 2.56. The molecule has 2 N–H and O–H groups in total. The van der Waals surface area contributed by atoms with Crippen molar-refractivity contribution < 1.29 is 18.1 Å². The highest BCUT2D eigenvalue weighted by Gasteiger charge is 2.53. The molecule has 2 aliphatic rings. The summed E-state index contributed by atoms with van der Waals surface area (Å²) in [5.74, 6) is 0.184. The van der Waals surface area contributed by atoms with Crippen LogP contribution in [0.25, 0.3) is 22.2 Å². The van der Waals surface area contributed by atoms with Gasteiger partial charge in [0.15, 0.2) is 0 Å². The largest absolute Gasteiger partial charge is 0.351 e. The van der Waals surface area contributed by atoms with Crippen LogP contribution in [0.5, 0.6) is 0 Å². The van der Waals surface area contributed by atoms with E-state index in [9.17, 15) is 23.3 Å². The first kappa shape index (κ1) is 25.3. The Morgan fingerprint density at radius 3 is 2.46 bits per heavy atom. The smallest absolute Gasteiger partial charge is 0.269 e. The van der Waals surface area contributed by atoms with Crippen LogP contribution in [0.3, 0.4) is 0 Å². The molecule has 2 aromatic heterocycles. The Hall–Kier alpha value is -4.03. The number of hydrogen-bond acceptors (Lipinski definition) is 8. The number of fused-ring (bicyclic) bond motifs is 1. The molecule has 0 unspecified atom stereocenters. The van der Waals surface area contributed by atoms with E-state index < -0.39 is 15.8 Å². The van der Waals surface area contributed by atoms with E-state index in [0.717, 1.165) is 31.1 Å². The topological polar surface area (TPSA) is 149 Å². The number of nitro benzene ring substituents is 1. The van der Waals surface area contributed by atoms with E-state index in [1.807, 2.05) is 12.1 Å². The first-order valence-corrected chi connectivity index (χ1v) is 13.8. The highest BCUT2D eigenvalue weighted by molar-refractivity contribution is 7.71. The van der Waals surface area contributed by atoms with Crippen molar-refractivity contribution in [3.05, 3.63) is 81.6 Å². The lowest BCUT2D eigenvalue weighted by atomic mass is 9.52.